The quantitative estimate of drug-likeness (QED) is 0.878. The van der Waals surface area contributed by atoms with Crippen LogP contribution in [0.25, 0.3) is 0 Å². The second kappa shape index (κ2) is 6.67. The summed E-state index contributed by atoms with van der Waals surface area (Å²) in [5, 5.41) is 2.47. The van der Waals surface area contributed by atoms with Crippen molar-refractivity contribution in [2.45, 2.75) is 13.5 Å². The van der Waals surface area contributed by atoms with Gasteiger partial charge in [-0.15, -0.1) is 11.3 Å². The van der Waals surface area contributed by atoms with E-state index in [-0.39, 0.29) is 12.0 Å². The highest BCUT2D eigenvalue weighted by molar-refractivity contribution is 7.09. The maximum atomic E-state index is 12.2. The Morgan fingerprint density at radius 3 is 2.55 bits per heavy atom. The molecular formula is C12H18N4O3S. The molecule has 0 aromatic carbocycles. The van der Waals surface area contributed by atoms with Crippen LogP contribution in [0.15, 0.2) is 5.38 Å². The monoisotopic (exact) mass is 298 g/mol. The van der Waals surface area contributed by atoms with Crippen molar-refractivity contribution in [3.05, 3.63) is 16.1 Å². The van der Waals surface area contributed by atoms with Gasteiger partial charge in [0.2, 0.25) is 0 Å². The summed E-state index contributed by atoms with van der Waals surface area (Å²) in [6, 6.07) is 0. The van der Waals surface area contributed by atoms with Crippen LogP contribution >= 0.6 is 11.3 Å². The van der Waals surface area contributed by atoms with Crippen LogP contribution in [0, 0.1) is 0 Å². The first kappa shape index (κ1) is 14.7. The van der Waals surface area contributed by atoms with Gasteiger partial charge >= 0.3 is 6.09 Å². The number of nitrogens with two attached hydrogens (primary N) is 1. The molecule has 1 aliphatic rings. The van der Waals surface area contributed by atoms with E-state index in [4.69, 9.17) is 10.5 Å². The van der Waals surface area contributed by atoms with Crippen LogP contribution in [-0.4, -0.2) is 59.6 Å². The molecule has 0 saturated carbocycles. The maximum Gasteiger partial charge on any atom is 0.409 e. The van der Waals surface area contributed by atoms with E-state index in [0.29, 0.717) is 45.0 Å². The molecule has 1 aromatic rings. The number of aromatic nitrogens is 1. The minimum atomic E-state index is -0.321. The number of rotatable bonds is 3. The first-order chi connectivity index (χ1) is 9.65. The minimum absolute atomic E-state index is 0.107. The number of amides is 2. The third-order valence-corrected chi connectivity index (χ3v) is 3.91. The summed E-state index contributed by atoms with van der Waals surface area (Å²) in [6.45, 7) is 4.43. The minimum Gasteiger partial charge on any atom is -0.450 e. The number of hydrogen-bond acceptors (Lipinski definition) is 6. The molecule has 1 saturated heterocycles. The highest BCUT2D eigenvalue weighted by Gasteiger charge is 2.26. The molecule has 110 valence electrons. The van der Waals surface area contributed by atoms with Gasteiger partial charge in [0.05, 0.1) is 6.61 Å². The third kappa shape index (κ3) is 3.26. The summed E-state index contributed by atoms with van der Waals surface area (Å²) in [7, 11) is 0. The Morgan fingerprint density at radius 1 is 1.35 bits per heavy atom. The van der Waals surface area contributed by atoms with Crippen LogP contribution < -0.4 is 5.73 Å². The first-order valence-electron chi connectivity index (χ1n) is 6.51. The predicted molar refractivity (Wildman–Crippen MR) is 74.5 cm³/mol. The normalized spacial score (nSPS) is 15.3. The van der Waals surface area contributed by atoms with Crippen LogP contribution in [0.5, 0.6) is 0 Å². The van der Waals surface area contributed by atoms with E-state index in [9.17, 15) is 9.59 Å². The van der Waals surface area contributed by atoms with E-state index in [1.165, 1.54) is 11.3 Å². The van der Waals surface area contributed by atoms with Gasteiger partial charge in [0.15, 0.2) is 0 Å². The number of carbonyl (C=O) groups is 2. The molecule has 7 nitrogen and oxygen atoms in total. The van der Waals surface area contributed by atoms with Gasteiger partial charge in [-0.3, -0.25) is 4.79 Å². The fraction of sp³-hybridized carbons (Fsp3) is 0.583. The Bertz CT molecular complexity index is 483. The highest BCUT2D eigenvalue weighted by Crippen LogP contribution is 2.13. The zero-order valence-corrected chi connectivity index (χ0v) is 12.2. The summed E-state index contributed by atoms with van der Waals surface area (Å²) in [5.41, 5.74) is 5.92. The third-order valence-electron chi connectivity index (χ3n) is 3.04. The van der Waals surface area contributed by atoms with Gasteiger partial charge in [-0.2, -0.15) is 0 Å². The van der Waals surface area contributed by atoms with Crippen LogP contribution in [0.3, 0.4) is 0 Å². The Balaban J connectivity index is 1.90. The van der Waals surface area contributed by atoms with E-state index in [1.54, 1.807) is 22.1 Å². The van der Waals surface area contributed by atoms with Crippen molar-refractivity contribution < 1.29 is 14.3 Å². The summed E-state index contributed by atoms with van der Waals surface area (Å²) < 4.78 is 4.94. The van der Waals surface area contributed by atoms with E-state index in [2.05, 4.69) is 4.98 Å². The first-order valence-corrected chi connectivity index (χ1v) is 7.39. The van der Waals surface area contributed by atoms with Crippen LogP contribution in [-0.2, 0) is 11.3 Å². The Morgan fingerprint density at radius 2 is 2.00 bits per heavy atom. The van der Waals surface area contributed by atoms with Gasteiger partial charge in [-0.1, -0.05) is 0 Å². The average Bonchev–Trinajstić information content (AvgIpc) is 2.96. The fourth-order valence-electron chi connectivity index (χ4n) is 1.97. The van der Waals surface area contributed by atoms with Crippen molar-refractivity contribution in [3.63, 3.8) is 0 Å². The molecule has 8 heteroatoms. The summed E-state index contributed by atoms with van der Waals surface area (Å²) in [6.07, 6.45) is -0.321. The zero-order valence-electron chi connectivity index (χ0n) is 11.4. The van der Waals surface area contributed by atoms with Crippen molar-refractivity contribution in [3.8, 4) is 0 Å². The van der Waals surface area contributed by atoms with Gasteiger partial charge in [-0.25, -0.2) is 9.78 Å². The highest BCUT2D eigenvalue weighted by atomic mass is 32.1. The van der Waals surface area contributed by atoms with Gasteiger partial charge < -0.3 is 20.3 Å². The van der Waals surface area contributed by atoms with Gasteiger partial charge in [0.25, 0.3) is 5.91 Å². The summed E-state index contributed by atoms with van der Waals surface area (Å²) in [4.78, 5) is 31.3. The molecule has 2 rings (SSSR count). The van der Waals surface area contributed by atoms with E-state index >= 15 is 0 Å². The molecule has 0 unspecified atom stereocenters. The lowest BCUT2D eigenvalue weighted by Crippen LogP contribution is -2.50. The second-order valence-electron chi connectivity index (χ2n) is 4.31. The lowest BCUT2D eigenvalue weighted by molar-refractivity contribution is 0.0566. The SMILES string of the molecule is CCOC(=O)N1CCN(C(=O)c2csc(CN)n2)CC1. The van der Waals surface area contributed by atoms with Crippen molar-refractivity contribution in [2.75, 3.05) is 32.8 Å². The van der Waals surface area contributed by atoms with E-state index in [1.807, 2.05) is 0 Å². The molecule has 2 N–H and O–H groups in total. The number of ether oxygens (including phenoxy) is 1. The molecule has 1 fully saturated rings. The topological polar surface area (TPSA) is 88.8 Å². The van der Waals surface area contributed by atoms with Crippen molar-refractivity contribution >= 4 is 23.3 Å². The second-order valence-corrected chi connectivity index (χ2v) is 5.25. The van der Waals surface area contributed by atoms with Gasteiger partial charge in [-0.05, 0) is 6.92 Å². The van der Waals surface area contributed by atoms with Crippen LogP contribution in [0.1, 0.15) is 22.4 Å². The summed E-state index contributed by atoms with van der Waals surface area (Å²) in [5.74, 6) is -0.107. The largest absolute Gasteiger partial charge is 0.450 e. The molecule has 0 bridgehead atoms. The summed E-state index contributed by atoms with van der Waals surface area (Å²) >= 11 is 1.39. The predicted octanol–water partition coefficient (Wildman–Crippen LogP) is 0.516. The standard InChI is InChI=1S/C12H18N4O3S/c1-2-19-12(18)16-5-3-15(4-6-16)11(17)9-8-20-10(7-13)14-9/h8H,2-7,13H2,1H3. The van der Waals surface area contributed by atoms with Crippen molar-refractivity contribution in [1.82, 2.24) is 14.8 Å². The van der Waals surface area contributed by atoms with Gasteiger partial charge in [0, 0.05) is 38.1 Å². The number of hydrogen-bond donors (Lipinski definition) is 1. The number of nitrogens with zero attached hydrogens (tertiary/aromatic N) is 3. The number of piperazine rings is 1. The number of carbonyl (C=O) groups excluding carboxylic acids is 2. The van der Waals surface area contributed by atoms with Crippen molar-refractivity contribution in [1.29, 1.82) is 0 Å². The molecule has 0 radical (unpaired) electrons. The smallest absolute Gasteiger partial charge is 0.409 e. The molecule has 1 aliphatic heterocycles. The van der Waals surface area contributed by atoms with Crippen LogP contribution in [0.2, 0.25) is 0 Å². The number of thiazole rings is 1. The maximum absolute atomic E-state index is 12.2. The molecule has 20 heavy (non-hydrogen) atoms. The van der Waals surface area contributed by atoms with E-state index < -0.39 is 0 Å². The molecule has 2 amide bonds. The Hall–Kier alpha value is -1.67. The lowest BCUT2D eigenvalue weighted by Gasteiger charge is -2.33. The molecule has 0 spiro atoms. The fourth-order valence-corrected chi connectivity index (χ4v) is 2.62. The molecule has 2 heterocycles. The van der Waals surface area contributed by atoms with Gasteiger partial charge in [0.1, 0.15) is 10.7 Å². The van der Waals surface area contributed by atoms with Crippen LogP contribution in [0.4, 0.5) is 4.79 Å². The average molecular weight is 298 g/mol. The lowest BCUT2D eigenvalue weighted by atomic mass is 10.3. The molecular weight excluding hydrogens is 280 g/mol. The zero-order chi connectivity index (χ0) is 14.5. The molecule has 0 atom stereocenters. The Labute approximate surface area is 121 Å². The molecule has 1 aromatic heterocycles. The molecule has 0 aliphatic carbocycles. The van der Waals surface area contributed by atoms with Crippen molar-refractivity contribution in [2.24, 2.45) is 5.73 Å². The Kier molecular flexibility index (Phi) is 4.91. The van der Waals surface area contributed by atoms with E-state index in [0.717, 1.165) is 5.01 Å².